The zero-order valence-electron chi connectivity index (χ0n) is 6.02. The van der Waals surface area contributed by atoms with E-state index in [9.17, 15) is 4.79 Å². The molecule has 1 aromatic carbocycles. The summed E-state index contributed by atoms with van der Waals surface area (Å²) in [4.78, 5) is 10.2. The molecule has 0 fully saturated rings. The number of hydrogen-bond acceptors (Lipinski definition) is 3. The van der Waals surface area contributed by atoms with E-state index in [0.717, 1.165) is 16.7 Å². The Labute approximate surface area is 74.8 Å². The van der Waals surface area contributed by atoms with Crippen LogP contribution >= 0.6 is 0 Å². The summed E-state index contributed by atoms with van der Waals surface area (Å²) in [6.07, 6.45) is 0.649. The van der Waals surface area contributed by atoms with E-state index in [0.29, 0.717) is 6.41 Å². The first kappa shape index (κ1) is 7.46. The Morgan fingerprint density at radius 2 is 2.33 bits per heavy atom. The average molecular weight is 226 g/mol. The maximum atomic E-state index is 10.2. The summed E-state index contributed by atoms with van der Waals surface area (Å²) in [6.45, 7) is 0. The van der Waals surface area contributed by atoms with E-state index in [1.165, 1.54) is 0 Å². The summed E-state index contributed by atoms with van der Waals surface area (Å²) in [7, 11) is 0. The van der Waals surface area contributed by atoms with Gasteiger partial charge < -0.3 is 0 Å². The minimum absolute atomic E-state index is 0.0387. The molecular weight excluding hydrogens is 221 g/mol. The number of amides is 1. The molecule has 0 aliphatic carbocycles. The molecule has 0 aliphatic rings. The minimum atomic E-state index is -0.0387. The van der Waals surface area contributed by atoms with Crippen LogP contribution in [0, 0.1) is 0 Å². The number of aromatic nitrogens is 2. The van der Waals surface area contributed by atoms with E-state index in [1.807, 2.05) is 18.2 Å². The average Bonchev–Trinajstić information content (AvgIpc) is 2.53. The van der Waals surface area contributed by atoms with Gasteiger partial charge >= 0.3 is 74.4 Å². The van der Waals surface area contributed by atoms with Crippen molar-refractivity contribution in [3.63, 3.8) is 0 Å². The number of fused-ring (bicyclic) bond motifs is 1. The number of nitrogens with zero attached hydrogens (tertiary/aromatic N) is 2. The van der Waals surface area contributed by atoms with Crippen molar-refractivity contribution in [1.29, 1.82) is 0 Å². The molecule has 0 saturated carbocycles. The first-order valence-electron chi connectivity index (χ1n) is 3.33. The van der Waals surface area contributed by atoms with Crippen LogP contribution in [0.4, 0.5) is 5.69 Å². The van der Waals surface area contributed by atoms with Gasteiger partial charge in [0.15, 0.2) is 0 Å². The molecule has 5 heteroatoms. The zero-order valence-corrected chi connectivity index (χ0v) is 7.73. The summed E-state index contributed by atoms with van der Waals surface area (Å²) < 4.78 is 8.37. The van der Waals surface area contributed by atoms with Crippen molar-refractivity contribution in [3.05, 3.63) is 18.2 Å². The normalized spacial score (nSPS) is 10.0. The number of anilines is 1. The van der Waals surface area contributed by atoms with Gasteiger partial charge in [-0.1, -0.05) is 0 Å². The Balaban J connectivity index is 2.65. The Kier molecular flexibility index (Phi) is 1.89. The fourth-order valence-corrected chi connectivity index (χ4v) is 2.14. The molecule has 0 unspecified atom stereocenters. The molecule has 1 heterocycles. The van der Waals surface area contributed by atoms with Crippen LogP contribution in [0.1, 0.15) is 0 Å². The Hall–Kier alpha value is -1.19. The predicted molar refractivity (Wildman–Crippen MR) is 46.2 cm³/mol. The fourth-order valence-electron chi connectivity index (χ4n) is 0.986. The number of carbonyl (C=O) groups is 1. The molecule has 0 radical (unpaired) electrons. The molecule has 2 rings (SSSR count). The van der Waals surface area contributed by atoms with Gasteiger partial charge in [-0.2, -0.15) is 0 Å². The van der Waals surface area contributed by atoms with Crippen molar-refractivity contribution in [1.82, 2.24) is 7.96 Å². The van der Waals surface area contributed by atoms with Gasteiger partial charge in [0.2, 0.25) is 0 Å². The zero-order chi connectivity index (χ0) is 8.39. The van der Waals surface area contributed by atoms with Gasteiger partial charge in [-0.25, -0.2) is 0 Å². The second kappa shape index (κ2) is 3.05. The Bertz CT molecular complexity index is 412. The summed E-state index contributed by atoms with van der Waals surface area (Å²) in [5.41, 5.74) is 2.43. The van der Waals surface area contributed by atoms with E-state index in [1.54, 1.807) is 0 Å². The number of hydrogen-bond donors (Lipinski definition) is 1. The number of benzene rings is 1. The maximum absolute atomic E-state index is 10.2. The van der Waals surface area contributed by atoms with E-state index in [4.69, 9.17) is 0 Å². The third-order valence-corrected chi connectivity index (χ3v) is 2.64. The van der Waals surface area contributed by atoms with E-state index in [-0.39, 0.29) is 15.0 Å². The van der Waals surface area contributed by atoms with Gasteiger partial charge in [-0.3, -0.25) is 0 Å². The van der Waals surface area contributed by atoms with Crippen LogP contribution < -0.4 is 5.32 Å². The summed E-state index contributed by atoms with van der Waals surface area (Å²) >= 11 is -0.0387. The predicted octanol–water partition coefficient (Wildman–Crippen LogP) is 0.255. The summed E-state index contributed by atoms with van der Waals surface area (Å²) in [5.74, 6) is 0. The molecule has 0 spiro atoms. The number of carbonyl (C=O) groups excluding carboxylic acids is 1. The first-order valence-corrected chi connectivity index (χ1v) is 4.86. The third-order valence-electron chi connectivity index (χ3n) is 1.50. The molecule has 0 bridgehead atoms. The Morgan fingerprint density at radius 1 is 1.42 bits per heavy atom. The van der Waals surface area contributed by atoms with Crippen LogP contribution in [0.2, 0.25) is 0 Å². The molecular formula is C7H5N3OSe. The second-order valence-electron chi connectivity index (χ2n) is 2.20. The van der Waals surface area contributed by atoms with Crippen LogP contribution in [0.5, 0.6) is 0 Å². The standard InChI is InChI=1S/C7H5N3OSe/c11-4-8-5-2-1-3-6-7(5)10-12-9-6/h1-4H,(H,8,11). The molecule has 60 valence electrons. The van der Waals surface area contributed by atoms with Crippen molar-refractivity contribution in [3.8, 4) is 0 Å². The van der Waals surface area contributed by atoms with E-state index >= 15 is 0 Å². The quantitative estimate of drug-likeness (QED) is 0.590. The monoisotopic (exact) mass is 227 g/mol. The van der Waals surface area contributed by atoms with Gasteiger partial charge in [0.25, 0.3) is 0 Å². The van der Waals surface area contributed by atoms with Crippen molar-refractivity contribution < 1.29 is 4.79 Å². The molecule has 1 N–H and O–H groups in total. The second-order valence-corrected chi connectivity index (χ2v) is 3.31. The van der Waals surface area contributed by atoms with E-state index < -0.39 is 0 Å². The van der Waals surface area contributed by atoms with Crippen molar-refractivity contribution in [2.75, 3.05) is 5.32 Å². The molecule has 0 atom stereocenters. The molecule has 2 aromatic rings. The van der Waals surface area contributed by atoms with Gasteiger partial charge in [-0.05, 0) is 0 Å². The van der Waals surface area contributed by atoms with Crippen LogP contribution in [-0.2, 0) is 4.79 Å². The summed E-state index contributed by atoms with van der Waals surface area (Å²) in [5, 5.41) is 2.58. The fraction of sp³-hybridized carbons (Fsp3) is 0. The van der Waals surface area contributed by atoms with Crippen LogP contribution in [-0.4, -0.2) is 29.3 Å². The Morgan fingerprint density at radius 3 is 3.17 bits per heavy atom. The molecule has 1 aromatic heterocycles. The summed E-state index contributed by atoms with van der Waals surface area (Å²) in [6, 6.07) is 5.56. The number of rotatable bonds is 2. The van der Waals surface area contributed by atoms with Crippen molar-refractivity contribution >= 4 is 38.1 Å². The SMILES string of the molecule is O=CNc1cccc2n[se]nc12. The molecule has 1 amide bonds. The van der Waals surface area contributed by atoms with Gasteiger partial charge in [0.1, 0.15) is 0 Å². The van der Waals surface area contributed by atoms with Crippen molar-refractivity contribution in [2.24, 2.45) is 0 Å². The number of nitrogens with one attached hydrogen (secondary N) is 1. The van der Waals surface area contributed by atoms with Crippen LogP contribution in [0.15, 0.2) is 18.2 Å². The van der Waals surface area contributed by atoms with Gasteiger partial charge in [0.05, 0.1) is 0 Å². The third kappa shape index (κ3) is 1.13. The van der Waals surface area contributed by atoms with Crippen molar-refractivity contribution in [2.45, 2.75) is 0 Å². The molecule has 4 nitrogen and oxygen atoms in total. The molecule has 0 aliphatic heterocycles. The van der Waals surface area contributed by atoms with Gasteiger partial charge in [-0.15, -0.1) is 0 Å². The van der Waals surface area contributed by atoms with E-state index in [2.05, 4.69) is 13.3 Å². The topological polar surface area (TPSA) is 54.9 Å². The van der Waals surface area contributed by atoms with Gasteiger partial charge in [0, 0.05) is 0 Å². The van der Waals surface area contributed by atoms with Crippen LogP contribution in [0.25, 0.3) is 11.0 Å². The molecule has 0 saturated heterocycles. The molecule has 12 heavy (non-hydrogen) atoms. The van der Waals surface area contributed by atoms with Crippen LogP contribution in [0.3, 0.4) is 0 Å². The first-order chi connectivity index (χ1) is 5.92.